The Balaban J connectivity index is 2.34. The summed E-state index contributed by atoms with van der Waals surface area (Å²) < 4.78 is 10.6. The lowest BCUT2D eigenvalue weighted by atomic mass is 10.3. The molecule has 0 aliphatic rings. The number of quaternary nitrogens is 1. The Morgan fingerprint density at radius 2 is 1.67 bits per heavy atom. The Morgan fingerprint density at radius 3 is 2.17 bits per heavy atom. The Kier molecular flexibility index (Phi) is 6.54. The summed E-state index contributed by atoms with van der Waals surface area (Å²) in [6, 6.07) is 7.38. The van der Waals surface area contributed by atoms with Crippen LogP contribution in [0.5, 0.6) is 11.5 Å². The van der Waals surface area contributed by atoms with Crippen molar-refractivity contribution in [3.63, 3.8) is 0 Å². The number of rotatable bonds is 8. The van der Waals surface area contributed by atoms with Gasteiger partial charge in [-0.3, -0.25) is 0 Å². The lowest BCUT2D eigenvalue weighted by Crippen LogP contribution is -3.12. The molecule has 0 saturated carbocycles. The van der Waals surface area contributed by atoms with Crippen LogP contribution in [-0.2, 0) is 0 Å². The lowest BCUT2D eigenvalue weighted by molar-refractivity contribution is -0.899. The Bertz CT molecular complexity index is 322. The van der Waals surface area contributed by atoms with Crippen molar-refractivity contribution in [3.8, 4) is 11.5 Å². The number of benzene rings is 1. The maximum atomic E-state index is 9.87. The molecule has 0 radical (unpaired) electrons. The van der Waals surface area contributed by atoms with E-state index in [1.54, 1.807) is 7.11 Å². The van der Waals surface area contributed by atoms with Gasteiger partial charge in [-0.1, -0.05) is 0 Å². The third-order valence-electron chi connectivity index (χ3n) is 3.03. The zero-order valence-electron chi connectivity index (χ0n) is 11.5. The fourth-order valence-electron chi connectivity index (χ4n) is 1.80. The number of hydrogen-bond donors (Lipinski definition) is 2. The molecule has 0 heterocycles. The first-order valence-corrected chi connectivity index (χ1v) is 6.48. The van der Waals surface area contributed by atoms with Crippen molar-refractivity contribution < 1.29 is 19.5 Å². The summed E-state index contributed by atoms with van der Waals surface area (Å²) in [7, 11) is 1.63. The summed E-state index contributed by atoms with van der Waals surface area (Å²) >= 11 is 0. The van der Waals surface area contributed by atoms with Gasteiger partial charge in [0.2, 0.25) is 0 Å². The second-order valence-corrected chi connectivity index (χ2v) is 4.30. The fraction of sp³-hybridized carbons (Fsp3) is 0.571. The predicted octanol–water partition coefficient (Wildman–Crippen LogP) is 0.360. The van der Waals surface area contributed by atoms with Gasteiger partial charge in [-0.15, -0.1) is 0 Å². The third-order valence-corrected chi connectivity index (χ3v) is 3.03. The van der Waals surface area contributed by atoms with Gasteiger partial charge in [0.15, 0.2) is 0 Å². The normalized spacial score (nSPS) is 12.5. The van der Waals surface area contributed by atoms with Crippen LogP contribution >= 0.6 is 0 Å². The molecular formula is C14H24NO3+. The number of aliphatic hydroxyl groups excluding tert-OH is 1. The molecule has 0 amide bonds. The summed E-state index contributed by atoms with van der Waals surface area (Å²) in [5.74, 6) is 1.56. The van der Waals surface area contributed by atoms with Crippen molar-refractivity contribution in [1.82, 2.24) is 0 Å². The molecule has 18 heavy (non-hydrogen) atoms. The van der Waals surface area contributed by atoms with Crippen molar-refractivity contribution in [2.24, 2.45) is 0 Å². The van der Waals surface area contributed by atoms with Gasteiger partial charge in [-0.25, -0.2) is 0 Å². The number of nitrogens with one attached hydrogen (secondary N) is 1. The molecule has 0 aliphatic heterocycles. The second-order valence-electron chi connectivity index (χ2n) is 4.30. The van der Waals surface area contributed by atoms with Crippen molar-refractivity contribution >= 4 is 0 Å². The number of likely N-dealkylation sites (N-methyl/N-ethyl adjacent to an activating group) is 1. The smallest absolute Gasteiger partial charge is 0.137 e. The largest absolute Gasteiger partial charge is 0.497 e. The molecule has 4 nitrogen and oxygen atoms in total. The molecule has 0 spiro atoms. The minimum absolute atomic E-state index is 0.329. The first-order chi connectivity index (χ1) is 8.69. The molecule has 1 atom stereocenters. The maximum Gasteiger partial charge on any atom is 0.137 e. The minimum atomic E-state index is -0.429. The Labute approximate surface area is 109 Å². The monoisotopic (exact) mass is 254 g/mol. The molecule has 0 aliphatic carbocycles. The van der Waals surface area contributed by atoms with Crippen LogP contribution < -0.4 is 14.4 Å². The highest BCUT2D eigenvalue weighted by Crippen LogP contribution is 2.16. The first kappa shape index (κ1) is 14.8. The average molecular weight is 254 g/mol. The van der Waals surface area contributed by atoms with Crippen LogP contribution in [0.3, 0.4) is 0 Å². The van der Waals surface area contributed by atoms with Crippen molar-refractivity contribution in [2.75, 3.05) is 33.4 Å². The highest BCUT2D eigenvalue weighted by molar-refractivity contribution is 5.31. The van der Waals surface area contributed by atoms with Crippen LogP contribution in [0.15, 0.2) is 24.3 Å². The summed E-state index contributed by atoms with van der Waals surface area (Å²) in [4.78, 5) is 1.38. The van der Waals surface area contributed by atoms with Crippen LogP contribution in [0.1, 0.15) is 13.8 Å². The molecule has 102 valence electrons. The number of hydrogen-bond acceptors (Lipinski definition) is 3. The number of aliphatic hydroxyl groups is 1. The standard InChI is InChI=1S/C14H23NO3/c1-4-15(5-2)10-12(16)11-18-14-8-6-13(17-3)7-9-14/h6-9,12,16H,4-5,10-11H2,1-3H3/p+1/t12-/m0/s1. The Morgan fingerprint density at radius 1 is 1.11 bits per heavy atom. The van der Waals surface area contributed by atoms with E-state index in [1.165, 1.54) is 4.90 Å². The van der Waals surface area contributed by atoms with E-state index in [2.05, 4.69) is 13.8 Å². The molecule has 1 rings (SSSR count). The summed E-state index contributed by atoms with van der Waals surface area (Å²) in [5, 5.41) is 9.87. The molecule has 0 aromatic heterocycles. The van der Waals surface area contributed by atoms with Gasteiger partial charge in [-0.05, 0) is 38.1 Å². The van der Waals surface area contributed by atoms with E-state index < -0.39 is 6.10 Å². The first-order valence-electron chi connectivity index (χ1n) is 6.48. The van der Waals surface area contributed by atoms with Crippen molar-refractivity contribution in [1.29, 1.82) is 0 Å². The lowest BCUT2D eigenvalue weighted by Gasteiger charge is -2.19. The van der Waals surface area contributed by atoms with E-state index in [4.69, 9.17) is 9.47 Å². The van der Waals surface area contributed by atoms with Crippen molar-refractivity contribution in [2.45, 2.75) is 20.0 Å². The zero-order chi connectivity index (χ0) is 13.4. The van der Waals surface area contributed by atoms with Gasteiger partial charge in [0.1, 0.15) is 30.8 Å². The average Bonchev–Trinajstić information content (AvgIpc) is 2.43. The predicted molar refractivity (Wildman–Crippen MR) is 71.4 cm³/mol. The van der Waals surface area contributed by atoms with Crippen LogP contribution in [0.4, 0.5) is 0 Å². The molecule has 0 fully saturated rings. The Hall–Kier alpha value is -1.26. The minimum Gasteiger partial charge on any atom is -0.497 e. The summed E-state index contributed by atoms with van der Waals surface area (Å²) in [5.41, 5.74) is 0. The SMILES string of the molecule is CC[NH+](CC)C[C@H](O)COc1ccc(OC)cc1. The third kappa shape index (κ3) is 4.94. The quantitative estimate of drug-likeness (QED) is 0.704. The molecule has 0 bridgehead atoms. The van der Waals surface area contributed by atoms with E-state index >= 15 is 0 Å². The van der Waals surface area contributed by atoms with Gasteiger partial charge in [0, 0.05) is 0 Å². The van der Waals surface area contributed by atoms with Gasteiger partial charge >= 0.3 is 0 Å². The van der Waals surface area contributed by atoms with Gasteiger partial charge < -0.3 is 19.5 Å². The molecule has 0 saturated heterocycles. The number of ether oxygens (including phenoxy) is 2. The molecule has 1 aromatic carbocycles. The van der Waals surface area contributed by atoms with Crippen LogP contribution in [-0.4, -0.2) is 44.6 Å². The molecular weight excluding hydrogens is 230 g/mol. The van der Waals surface area contributed by atoms with E-state index in [0.29, 0.717) is 6.61 Å². The van der Waals surface area contributed by atoms with Crippen molar-refractivity contribution in [3.05, 3.63) is 24.3 Å². The molecule has 1 aromatic rings. The molecule has 2 N–H and O–H groups in total. The highest BCUT2D eigenvalue weighted by atomic mass is 16.5. The highest BCUT2D eigenvalue weighted by Gasteiger charge is 2.12. The van der Waals surface area contributed by atoms with E-state index in [9.17, 15) is 5.11 Å². The summed E-state index contributed by atoms with van der Waals surface area (Å²) in [6.07, 6.45) is -0.429. The van der Waals surface area contributed by atoms with Crippen LogP contribution in [0, 0.1) is 0 Å². The van der Waals surface area contributed by atoms with Crippen LogP contribution in [0.25, 0.3) is 0 Å². The second kappa shape index (κ2) is 7.95. The number of methoxy groups -OCH3 is 1. The van der Waals surface area contributed by atoms with E-state index in [0.717, 1.165) is 31.1 Å². The topological polar surface area (TPSA) is 43.1 Å². The fourth-order valence-corrected chi connectivity index (χ4v) is 1.80. The van der Waals surface area contributed by atoms with Gasteiger partial charge in [-0.2, -0.15) is 0 Å². The van der Waals surface area contributed by atoms with Crippen LogP contribution in [0.2, 0.25) is 0 Å². The van der Waals surface area contributed by atoms with E-state index in [-0.39, 0.29) is 0 Å². The maximum absolute atomic E-state index is 9.87. The molecule has 4 heteroatoms. The summed E-state index contributed by atoms with van der Waals surface area (Å²) in [6.45, 7) is 7.34. The van der Waals surface area contributed by atoms with E-state index in [1.807, 2.05) is 24.3 Å². The zero-order valence-corrected chi connectivity index (χ0v) is 11.5. The molecule has 0 unspecified atom stereocenters. The van der Waals surface area contributed by atoms with Gasteiger partial charge in [0.05, 0.1) is 20.2 Å². The van der Waals surface area contributed by atoms with Gasteiger partial charge in [0.25, 0.3) is 0 Å².